The van der Waals surface area contributed by atoms with Crippen molar-refractivity contribution in [1.82, 2.24) is 5.32 Å². The van der Waals surface area contributed by atoms with Gasteiger partial charge in [0.15, 0.2) is 0 Å². The first kappa shape index (κ1) is 13.9. The van der Waals surface area contributed by atoms with E-state index >= 15 is 0 Å². The summed E-state index contributed by atoms with van der Waals surface area (Å²) in [7, 11) is 0. The van der Waals surface area contributed by atoms with Gasteiger partial charge in [-0.1, -0.05) is 28.1 Å². The highest BCUT2D eigenvalue weighted by molar-refractivity contribution is 9.10. The second-order valence-electron chi connectivity index (χ2n) is 3.46. The lowest BCUT2D eigenvalue weighted by Gasteiger charge is -2.11. The van der Waals surface area contributed by atoms with Gasteiger partial charge in [-0.05, 0) is 18.2 Å². The quantitative estimate of drug-likeness (QED) is 0.571. The van der Waals surface area contributed by atoms with Crippen LogP contribution in [0.2, 0.25) is 0 Å². The molecule has 1 amide bonds. The lowest BCUT2D eigenvalue weighted by atomic mass is 10.2. The number of benzene rings is 1. The van der Waals surface area contributed by atoms with Crippen molar-refractivity contribution in [2.45, 2.75) is 6.92 Å². The van der Waals surface area contributed by atoms with Gasteiger partial charge in [-0.2, -0.15) is 0 Å². The Morgan fingerprint density at radius 1 is 1.47 bits per heavy atom. The molecule has 0 saturated heterocycles. The van der Waals surface area contributed by atoms with Gasteiger partial charge in [-0.25, -0.2) is 0 Å². The summed E-state index contributed by atoms with van der Waals surface area (Å²) in [5, 5.41) is 5.88. The topological polar surface area (TPSA) is 67.2 Å². The Bertz CT molecular complexity index is 437. The van der Waals surface area contributed by atoms with Crippen molar-refractivity contribution in [2.75, 3.05) is 18.4 Å². The molecule has 0 unspecified atom stereocenters. The Kier molecular flexibility index (Phi) is 5.37. The maximum Gasteiger partial charge on any atom is 0.216 e. The van der Waals surface area contributed by atoms with E-state index < -0.39 is 0 Å². The van der Waals surface area contributed by atoms with Gasteiger partial charge in [-0.15, -0.1) is 0 Å². The number of amides is 1. The van der Waals surface area contributed by atoms with Crippen molar-refractivity contribution >= 4 is 44.7 Å². The molecule has 0 spiro atoms. The summed E-state index contributed by atoms with van der Waals surface area (Å²) >= 11 is 8.34. The van der Waals surface area contributed by atoms with E-state index in [1.165, 1.54) is 6.92 Å². The first-order chi connectivity index (χ1) is 8.00. The van der Waals surface area contributed by atoms with Crippen LogP contribution in [0.5, 0.6) is 0 Å². The number of anilines is 1. The van der Waals surface area contributed by atoms with Gasteiger partial charge < -0.3 is 16.4 Å². The summed E-state index contributed by atoms with van der Waals surface area (Å²) in [6, 6.07) is 5.66. The molecule has 0 aromatic heterocycles. The first-order valence-electron chi connectivity index (χ1n) is 5.08. The third-order valence-corrected chi connectivity index (χ3v) is 2.77. The number of hydrogen-bond donors (Lipinski definition) is 3. The Balaban J connectivity index is 2.64. The van der Waals surface area contributed by atoms with Gasteiger partial charge in [0.05, 0.1) is 0 Å². The van der Waals surface area contributed by atoms with Gasteiger partial charge in [0.2, 0.25) is 5.91 Å². The zero-order chi connectivity index (χ0) is 12.8. The third kappa shape index (κ3) is 4.70. The summed E-state index contributed by atoms with van der Waals surface area (Å²) in [5.41, 5.74) is 7.29. The molecule has 0 fully saturated rings. The summed E-state index contributed by atoms with van der Waals surface area (Å²) in [4.78, 5) is 11.0. The molecule has 0 aliphatic carbocycles. The molecule has 1 aromatic rings. The number of carbonyl (C=O) groups is 1. The number of thiocarbonyl (C=S) groups is 1. The number of carbonyl (C=O) groups excluding carboxylic acids is 1. The smallest absolute Gasteiger partial charge is 0.216 e. The Morgan fingerprint density at radius 3 is 2.76 bits per heavy atom. The van der Waals surface area contributed by atoms with E-state index in [0.717, 1.165) is 15.7 Å². The van der Waals surface area contributed by atoms with Crippen molar-refractivity contribution in [2.24, 2.45) is 5.73 Å². The van der Waals surface area contributed by atoms with Crippen molar-refractivity contribution in [3.63, 3.8) is 0 Å². The molecule has 0 bridgehead atoms. The standard InChI is InChI=1S/C11H14BrN3OS/c1-7(16)14-4-5-15-10-3-2-8(12)6-9(10)11(13)17/h2-3,6,15H,4-5H2,1H3,(H2,13,17)(H,14,16). The molecule has 0 aliphatic heterocycles. The van der Waals surface area contributed by atoms with Crippen molar-refractivity contribution in [1.29, 1.82) is 0 Å². The maximum absolute atomic E-state index is 10.7. The summed E-state index contributed by atoms with van der Waals surface area (Å²) in [6.45, 7) is 2.67. The fourth-order valence-electron chi connectivity index (χ4n) is 1.31. The second kappa shape index (κ2) is 6.56. The molecule has 0 heterocycles. The van der Waals surface area contributed by atoms with Crippen LogP contribution in [0.3, 0.4) is 0 Å². The van der Waals surface area contributed by atoms with Crippen LogP contribution in [0.15, 0.2) is 22.7 Å². The summed E-state index contributed by atoms with van der Waals surface area (Å²) in [5.74, 6) is -0.0443. The average molecular weight is 316 g/mol. The molecule has 0 saturated carbocycles. The zero-order valence-corrected chi connectivity index (χ0v) is 11.8. The Hall–Kier alpha value is -1.14. The molecule has 1 rings (SSSR count). The van der Waals surface area contributed by atoms with Gasteiger partial charge >= 0.3 is 0 Å². The number of nitrogens with two attached hydrogens (primary N) is 1. The molecule has 4 nitrogen and oxygen atoms in total. The highest BCUT2D eigenvalue weighted by Crippen LogP contribution is 2.20. The van der Waals surface area contributed by atoms with Gasteiger partial charge in [0, 0.05) is 35.7 Å². The van der Waals surface area contributed by atoms with E-state index in [2.05, 4.69) is 26.6 Å². The monoisotopic (exact) mass is 315 g/mol. The number of hydrogen-bond acceptors (Lipinski definition) is 3. The molecule has 1 aromatic carbocycles. The van der Waals surface area contributed by atoms with Crippen LogP contribution in [0.4, 0.5) is 5.69 Å². The minimum absolute atomic E-state index is 0.0443. The van der Waals surface area contributed by atoms with Gasteiger partial charge in [0.25, 0.3) is 0 Å². The maximum atomic E-state index is 10.7. The molecule has 17 heavy (non-hydrogen) atoms. The van der Waals surface area contributed by atoms with Crippen LogP contribution in [0, 0.1) is 0 Å². The fraction of sp³-hybridized carbons (Fsp3) is 0.273. The fourth-order valence-corrected chi connectivity index (χ4v) is 1.84. The summed E-state index contributed by atoms with van der Waals surface area (Å²) in [6.07, 6.45) is 0. The molecule has 0 aliphatic rings. The highest BCUT2D eigenvalue weighted by atomic mass is 79.9. The molecule has 0 radical (unpaired) electrons. The Labute approximate surface area is 114 Å². The largest absolute Gasteiger partial charge is 0.389 e. The predicted octanol–water partition coefficient (Wildman–Crippen LogP) is 1.63. The van der Waals surface area contributed by atoms with Crippen molar-refractivity contribution in [3.05, 3.63) is 28.2 Å². The first-order valence-corrected chi connectivity index (χ1v) is 6.28. The Morgan fingerprint density at radius 2 is 2.18 bits per heavy atom. The molecule has 4 N–H and O–H groups in total. The minimum atomic E-state index is -0.0443. The molecule has 0 atom stereocenters. The molecule has 6 heteroatoms. The van der Waals surface area contributed by atoms with Crippen LogP contribution in [0.25, 0.3) is 0 Å². The predicted molar refractivity (Wildman–Crippen MR) is 77.2 cm³/mol. The van der Waals surface area contributed by atoms with Crippen molar-refractivity contribution < 1.29 is 4.79 Å². The van der Waals surface area contributed by atoms with E-state index in [1.807, 2.05) is 18.2 Å². The number of rotatable bonds is 5. The van der Waals surface area contributed by atoms with Gasteiger partial charge in [0.1, 0.15) is 4.99 Å². The van der Waals surface area contributed by atoms with E-state index in [1.54, 1.807) is 0 Å². The normalized spacial score (nSPS) is 9.76. The molecular formula is C11H14BrN3OS. The number of halogens is 1. The zero-order valence-electron chi connectivity index (χ0n) is 9.42. The second-order valence-corrected chi connectivity index (χ2v) is 4.82. The SMILES string of the molecule is CC(=O)NCCNc1ccc(Br)cc1C(N)=S. The lowest BCUT2D eigenvalue weighted by Crippen LogP contribution is -2.26. The van der Waals surface area contributed by atoms with Gasteiger partial charge in [-0.3, -0.25) is 4.79 Å². The summed E-state index contributed by atoms with van der Waals surface area (Å²) < 4.78 is 0.924. The highest BCUT2D eigenvalue weighted by Gasteiger charge is 2.05. The lowest BCUT2D eigenvalue weighted by molar-refractivity contribution is -0.118. The van der Waals surface area contributed by atoms with Crippen molar-refractivity contribution in [3.8, 4) is 0 Å². The average Bonchev–Trinajstić information content (AvgIpc) is 2.25. The van der Waals surface area contributed by atoms with Crippen LogP contribution in [-0.4, -0.2) is 24.0 Å². The van der Waals surface area contributed by atoms with Crippen LogP contribution in [-0.2, 0) is 4.79 Å². The van der Waals surface area contributed by atoms with Crippen LogP contribution < -0.4 is 16.4 Å². The van der Waals surface area contributed by atoms with E-state index in [-0.39, 0.29) is 5.91 Å². The van der Waals surface area contributed by atoms with Crippen LogP contribution in [0.1, 0.15) is 12.5 Å². The third-order valence-electron chi connectivity index (χ3n) is 2.06. The van der Waals surface area contributed by atoms with Crippen LogP contribution >= 0.6 is 28.1 Å². The molecule has 92 valence electrons. The van der Waals surface area contributed by atoms with E-state index in [0.29, 0.717) is 18.1 Å². The minimum Gasteiger partial charge on any atom is -0.389 e. The van der Waals surface area contributed by atoms with E-state index in [9.17, 15) is 4.79 Å². The number of nitrogens with one attached hydrogen (secondary N) is 2. The van der Waals surface area contributed by atoms with E-state index in [4.69, 9.17) is 18.0 Å². The molecular weight excluding hydrogens is 302 g/mol.